The summed E-state index contributed by atoms with van der Waals surface area (Å²) in [5.74, 6) is -0.987. The molecule has 1 aliphatic heterocycles. The summed E-state index contributed by atoms with van der Waals surface area (Å²) in [5.41, 5.74) is 0.679. The van der Waals surface area contributed by atoms with Gasteiger partial charge in [-0.05, 0) is 67.4 Å². The highest BCUT2D eigenvalue weighted by Gasteiger charge is 2.46. The predicted octanol–water partition coefficient (Wildman–Crippen LogP) is 5.62. The first-order valence-electron chi connectivity index (χ1n) is 11.9. The van der Waals surface area contributed by atoms with E-state index in [4.69, 9.17) is 13.9 Å². The fraction of sp³-hybridized carbons (Fsp3) is 0.286. The van der Waals surface area contributed by atoms with Gasteiger partial charge in [0.1, 0.15) is 17.3 Å². The molecule has 4 rings (SSSR count). The van der Waals surface area contributed by atoms with Gasteiger partial charge in [0.05, 0.1) is 37.6 Å². The van der Waals surface area contributed by atoms with E-state index < -0.39 is 23.5 Å². The van der Waals surface area contributed by atoms with E-state index in [1.165, 1.54) is 35.4 Å². The maximum Gasteiger partial charge on any atom is 0.296 e. The number of amides is 1. The summed E-state index contributed by atoms with van der Waals surface area (Å²) in [5, 5.41) is 11.1. The first kappa shape index (κ1) is 25.0. The van der Waals surface area contributed by atoms with Crippen LogP contribution in [0, 0.1) is 5.82 Å². The molecule has 188 valence electrons. The topological polar surface area (TPSA) is 89.2 Å². The quantitative estimate of drug-likeness (QED) is 0.171. The number of carbonyl (C=O) groups excluding carboxylic acids is 2. The molecule has 36 heavy (non-hydrogen) atoms. The van der Waals surface area contributed by atoms with Gasteiger partial charge >= 0.3 is 0 Å². The van der Waals surface area contributed by atoms with Crippen molar-refractivity contribution in [2.24, 2.45) is 0 Å². The zero-order chi connectivity index (χ0) is 25.7. The van der Waals surface area contributed by atoms with Crippen LogP contribution in [0.2, 0.25) is 0 Å². The van der Waals surface area contributed by atoms with Crippen molar-refractivity contribution in [2.75, 3.05) is 13.2 Å². The van der Waals surface area contributed by atoms with Crippen LogP contribution < -0.4 is 9.47 Å². The Morgan fingerprint density at radius 2 is 1.83 bits per heavy atom. The number of likely N-dealkylation sites (tertiary alicyclic amines) is 1. The maximum absolute atomic E-state index is 13.5. The van der Waals surface area contributed by atoms with Crippen molar-refractivity contribution in [1.29, 1.82) is 0 Å². The Morgan fingerprint density at radius 1 is 1.06 bits per heavy atom. The molecule has 1 unspecified atom stereocenters. The Balaban J connectivity index is 1.83. The highest BCUT2D eigenvalue weighted by Crippen LogP contribution is 2.42. The maximum atomic E-state index is 13.5. The minimum absolute atomic E-state index is 0.0150. The Morgan fingerprint density at radius 3 is 2.50 bits per heavy atom. The molecule has 3 aromatic rings. The molecule has 0 saturated carbocycles. The number of aliphatic hydroxyl groups is 1. The molecule has 8 heteroatoms. The minimum atomic E-state index is -0.927. The van der Waals surface area contributed by atoms with Crippen LogP contribution >= 0.6 is 0 Å². The van der Waals surface area contributed by atoms with E-state index in [0.29, 0.717) is 36.0 Å². The summed E-state index contributed by atoms with van der Waals surface area (Å²) < 4.78 is 30.6. The van der Waals surface area contributed by atoms with E-state index >= 15 is 0 Å². The van der Waals surface area contributed by atoms with Crippen molar-refractivity contribution in [3.8, 4) is 11.5 Å². The van der Waals surface area contributed by atoms with Crippen molar-refractivity contribution in [3.05, 3.63) is 89.1 Å². The standard InChI is InChI=1S/C28H28FNO6/c1-3-5-14-36-22-13-10-19(16-23(22)34-4-2)25-24(26(31)18-8-11-20(29)12-9-18)27(32)28(33)30(25)17-21-7-6-15-35-21/h6-13,15-16,25,31H,3-5,14,17H2,1-2H3/b26-24+. The molecule has 0 radical (unpaired) electrons. The van der Waals surface area contributed by atoms with E-state index in [-0.39, 0.29) is 23.4 Å². The second kappa shape index (κ2) is 11.1. The molecule has 1 atom stereocenters. The SMILES string of the molecule is CCCCOc1ccc(C2/C(=C(\O)c3ccc(F)cc3)C(=O)C(=O)N2Cc2ccco2)cc1OCC. The van der Waals surface area contributed by atoms with E-state index in [2.05, 4.69) is 6.92 Å². The van der Waals surface area contributed by atoms with E-state index in [1.54, 1.807) is 30.3 Å². The van der Waals surface area contributed by atoms with Gasteiger partial charge in [0.25, 0.3) is 11.7 Å². The Kier molecular flexibility index (Phi) is 7.73. The van der Waals surface area contributed by atoms with Crippen LogP contribution in [0.15, 0.2) is 70.9 Å². The third-order valence-corrected chi connectivity index (χ3v) is 5.90. The lowest BCUT2D eigenvalue weighted by molar-refractivity contribution is -0.140. The molecule has 2 aromatic carbocycles. The number of Topliss-reactive ketones (excluding diaryl/α,β-unsaturated/α-hetero) is 1. The minimum Gasteiger partial charge on any atom is -0.507 e. The number of aliphatic hydroxyl groups excluding tert-OH is 1. The lowest BCUT2D eigenvalue weighted by atomic mass is 9.95. The summed E-state index contributed by atoms with van der Waals surface area (Å²) in [6.45, 7) is 4.84. The number of ketones is 1. The average Bonchev–Trinajstić information content (AvgIpc) is 3.48. The Labute approximate surface area is 208 Å². The molecule has 1 aromatic heterocycles. The number of nitrogens with zero attached hydrogens (tertiary/aromatic N) is 1. The van der Waals surface area contributed by atoms with Gasteiger partial charge in [0.2, 0.25) is 0 Å². The van der Waals surface area contributed by atoms with Crippen LogP contribution in [0.1, 0.15) is 49.6 Å². The first-order valence-corrected chi connectivity index (χ1v) is 11.9. The normalized spacial score (nSPS) is 17.0. The molecule has 1 fully saturated rings. The van der Waals surface area contributed by atoms with Crippen LogP contribution in [-0.4, -0.2) is 34.9 Å². The van der Waals surface area contributed by atoms with Gasteiger partial charge < -0.3 is 23.9 Å². The van der Waals surface area contributed by atoms with Crippen molar-refractivity contribution in [2.45, 2.75) is 39.3 Å². The smallest absolute Gasteiger partial charge is 0.296 e. The second-order valence-electron chi connectivity index (χ2n) is 8.35. The lowest BCUT2D eigenvalue weighted by Gasteiger charge is -2.25. The number of hydrogen-bond donors (Lipinski definition) is 1. The van der Waals surface area contributed by atoms with Gasteiger partial charge in [-0.25, -0.2) is 4.39 Å². The number of carbonyl (C=O) groups is 2. The lowest BCUT2D eigenvalue weighted by Crippen LogP contribution is -2.29. The zero-order valence-corrected chi connectivity index (χ0v) is 20.2. The number of benzene rings is 2. The number of hydrogen-bond acceptors (Lipinski definition) is 6. The Bertz CT molecular complexity index is 1250. The molecular weight excluding hydrogens is 465 g/mol. The molecule has 1 amide bonds. The molecule has 1 saturated heterocycles. The van der Waals surface area contributed by atoms with Crippen LogP contribution in [-0.2, 0) is 16.1 Å². The Hall–Kier alpha value is -4.07. The molecule has 0 spiro atoms. The summed E-state index contributed by atoms with van der Waals surface area (Å²) in [4.78, 5) is 27.7. The van der Waals surface area contributed by atoms with Crippen LogP contribution in [0.4, 0.5) is 4.39 Å². The average molecular weight is 494 g/mol. The molecule has 1 N–H and O–H groups in total. The van der Waals surface area contributed by atoms with Crippen molar-refractivity contribution in [3.63, 3.8) is 0 Å². The van der Waals surface area contributed by atoms with Gasteiger partial charge in [0.15, 0.2) is 11.5 Å². The fourth-order valence-electron chi connectivity index (χ4n) is 4.13. The van der Waals surface area contributed by atoms with Gasteiger partial charge in [-0.15, -0.1) is 0 Å². The number of ether oxygens (including phenoxy) is 2. The number of halogens is 1. The molecule has 0 bridgehead atoms. The molecule has 0 aliphatic carbocycles. The van der Waals surface area contributed by atoms with Crippen LogP contribution in [0.3, 0.4) is 0 Å². The molecule has 1 aliphatic rings. The zero-order valence-electron chi connectivity index (χ0n) is 20.2. The highest BCUT2D eigenvalue weighted by molar-refractivity contribution is 6.46. The molecular formula is C28H28FNO6. The van der Waals surface area contributed by atoms with Gasteiger partial charge in [-0.1, -0.05) is 19.4 Å². The number of rotatable bonds is 10. The van der Waals surface area contributed by atoms with E-state index in [9.17, 15) is 19.1 Å². The summed E-state index contributed by atoms with van der Waals surface area (Å²) in [6.07, 6.45) is 3.34. The molecule has 7 nitrogen and oxygen atoms in total. The summed E-state index contributed by atoms with van der Waals surface area (Å²) in [6, 6.07) is 12.7. The summed E-state index contributed by atoms with van der Waals surface area (Å²) >= 11 is 0. The van der Waals surface area contributed by atoms with E-state index in [1.807, 2.05) is 6.92 Å². The highest BCUT2D eigenvalue weighted by atomic mass is 19.1. The van der Waals surface area contributed by atoms with Gasteiger partial charge in [-0.2, -0.15) is 0 Å². The first-order chi connectivity index (χ1) is 17.4. The predicted molar refractivity (Wildman–Crippen MR) is 131 cm³/mol. The molecule has 2 heterocycles. The van der Waals surface area contributed by atoms with Crippen molar-refractivity contribution in [1.82, 2.24) is 4.90 Å². The van der Waals surface area contributed by atoms with Gasteiger partial charge in [-0.3, -0.25) is 9.59 Å². The monoisotopic (exact) mass is 493 g/mol. The number of unbranched alkanes of at least 4 members (excludes halogenated alkanes) is 1. The van der Waals surface area contributed by atoms with Crippen molar-refractivity contribution >= 4 is 17.4 Å². The third-order valence-electron chi connectivity index (χ3n) is 5.90. The van der Waals surface area contributed by atoms with Gasteiger partial charge in [0, 0.05) is 5.56 Å². The number of furan rings is 1. The van der Waals surface area contributed by atoms with Crippen LogP contribution in [0.5, 0.6) is 11.5 Å². The second-order valence-corrected chi connectivity index (χ2v) is 8.35. The fourth-order valence-corrected chi connectivity index (χ4v) is 4.13. The summed E-state index contributed by atoms with van der Waals surface area (Å²) in [7, 11) is 0. The third kappa shape index (κ3) is 5.12. The van der Waals surface area contributed by atoms with E-state index in [0.717, 1.165) is 12.8 Å². The van der Waals surface area contributed by atoms with Crippen LogP contribution in [0.25, 0.3) is 5.76 Å². The largest absolute Gasteiger partial charge is 0.507 e. The van der Waals surface area contributed by atoms with Crippen molar-refractivity contribution < 1.29 is 33.0 Å².